The fraction of sp³-hybridized carbons (Fsp3) is 0.353. The van der Waals surface area contributed by atoms with Crippen molar-refractivity contribution < 1.29 is 0 Å². The molecule has 0 bridgehead atoms. The van der Waals surface area contributed by atoms with Crippen molar-refractivity contribution in [1.82, 2.24) is 9.88 Å². The smallest absolute Gasteiger partial charge is 0.128 e. The Balaban J connectivity index is 1.55. The zero-order valence-corrected chi connectivity index (χ0v) is 12.0. The van der Waals surface area contributed by atoms with Gasteiger partial charge in [0.1, 0.15) is 5.82 Å². The number of pyridine rings is 1. The van der Waals surface area contributed by atoms with Gasteiger partial charge in [-0.3, -0.25) is 4.90 Å². The molecule has 0 spiro atoms. The summed E-state index contributed by atoms with van der Waals surface area (Å²) in [4.78, 5) is 9.41. The molecule has 0 radical (unpaired) electrons. The summed E-state index contributed by atoms with van der Waals surface area (Å²) in [5, 5.41) is 0. The van der Waals surface area contributed by atoms with Crippen molar-refractivity contribution in [2.24, 2.45) is 0 Å². The second kappa shape index (κ2) is 6.06. The molecule has 0 amide bonds. The van der Waals surface area contributed by atoms with Crippen LogP contribution >= 0.6 is 0 Å². The van der Waals surface area contributed by atoms with Gasteiger partial charge in [0.05, 0.1) is 0 Å². The van der Waals surface area contributed by atoms with Crippen molar-refractivity contribution in [2.75, 3.05) is 31.1 Å². The Kier molecular flexibility index (Phi) is 3.97. The maximum atomic E-state index is 4.52. The number of aryl methyl sites for hydroxylation is 1. The van der Waals surface area contributed by atoms with Gasteiger partial charge in [0.25, 0.3) is 0 Å². The lowest BCUT2D eigenvalue weighted by Crippen LogP contribution is -2.46. The average Bonchev–Trinajstić information content (AvgIpc) is 2.50. The minimum absolute atomic E-state index is 1.05. The van der Waals surface area contributed by atoms with Crippen LogP contribution in [0.5, 0.6) is 0 Å². The molecule has 2 heterocycles. The Labute approximate surface area is 120 Å². The molecular weight excluding hydrogens is 246 g/mol. The number of hydrogen-bond donors (Lipinski definition) is 0. The standard InChI is InChI=1S/C17H21N3/c1-15-7-8-17(18-13-15)20-11-9-19(10-12-20)14-16-5-3-2-4-6-16/h2-8,13H,9-12,14H2,1H3. The maximum Gasteiger partial charge on any atom is 0.128 e. The fourth-order valence-corrected chi connectivity index (χ4v) is 2.62. The molecule has 0 saturated carbocycles. The van der Waals surface area contributed by atoms with E-state index < -0.39 is 0 Å². The summed E-state index contributed by atoms with van der Waals surface area (Å²) in [5.74, 6) is 1.11. The summed E-state index contributed by atoms with van der Waals surface area (Å²) in [6, 6.07) is 15.0. The van der Waals surface area contributed by atoms with Gasteiger partial charge < -0.3 is 4.90 Å². The molecule has 0 atom stereocenters. The lowest BCUT2D eigenvalue weighted by Gasteiger charge is -2.35. The third-order valence-corrected chi connectivity index (χ3v) is 3.84. The average molecular weight is 267 g/mol. The van der Waals surface area contributed by atoms with Gasteiger partial charge in [0.2, 0.25) is 0 Å². The Morgan fingerprint density at radius 1 is 0.950 bits per heavy atom. The topological polar surface area (TPSA) is 19.4 Å². The molecule has 1 fully saturated rings. The zero-order chi connectivity index (χ0) is 13.8. The van der Waals surface area contributed by atoms with Gasteiger partial charge in [-0.2, -0.15) is 0 Å². The minimum Gasteiger partial charge on any atom is -0.354 e. The minimum atomic E-state index is 1.05. The molecular formula is C17H21N3. The predicted octanol–water partition coefficient (Wildman–Crippen LogP) is 2.71. The number of aromatic nitrogens is 1. The molecule has 3 rings (SSSR count). The van der Waals surface area contributed by atoms with E-state index in [1.54, 1.807) is 0 Å². The Bertz CT molecular complexity index is 528. The number of anilines is 1. The van der Waals surface area contributed by atoms with E-state index in [9.17, 15) is 0 Å². The highest BCUT2D eigenvalue weighted by Crippen LogP contribution is 2.15. The molecule has 2 aromatic rings. The molecule has 1 aliphatic heterocycles. The van der Waals surface area contributed by atoms with Gasteiger partial charge in [-0.15, -0.1) is 0 Å². The van der Waals surface area contributed by atoms with E-state index in [1.165, 1.54) is 11.1 Å². The molecule has 104 valence electrons. The van der Waals surface area contributed by atoms with Crippen LogP contribution in [0.3, 0.4) is 0 Å². The van der Waals surface area contributed by atoms with E-state index in [2.05, 4.69) is 64.2 Å². The Morgan fingerprint density at radius 3 is 2.35 bits per heavy atom. The van der Waals surface area contributed by atoms with Crippen LogP contribution in [0.25, 0.3) is 0 Å². The molecule has 0 N–H and O–H groups in total. The van der Waals surface area contributed by atoms with Gasteiger partial charge in [-0.1, -0.05) is 36.4 Å². The molecule has 1 saturated heterocycles. The maximum absolute atomic E-state index is 4.52. The largest absolute Gasteiger partial charge is 0.354 e. The van der Waals surface area contributed by atoms with Crippen LogP contribution in [0.1, 0.15) is 11.1 Å². The third-order valence-electron chi connectivity index (χ3n) is 3.84. The lowest BCUT2D eigenvalue weighted by molar-refractivity contribution is 0.249. The summed E-state index contributed by atoms with van der Waals surface area (Å²) in [7, 11) is 0. The van der Waals surface area contributed by atoms with Crippen LogP contribution in [-0.2, 0) is 6.54 Å². The van der Waals surface area contributed by atoms with Crippen LogP contribution in [0.4, 0.5) is 5.82 Å². The zero-order valence-electron chi connectivity index (χ0n) is 12.0. The third kappa shape index (κ3) is 3.17. The van der Waals surface area contributed by atoms with E-state index in [0.29, 0.717) is 0 Å². The molecule has 1 aromatic carbocycles. The first-order valence-electron chi connectivity index (χ1n) is 7.25. The SMILES string of the molecule is Cc1ccc(N2CCN(Cc3ccccc3)CC2)nc1. The second-order valence-corrected chi connectivity index (χ2v) is 5.44. The summed E-state index contributed by atoms with van der Waals surface area (Å²) < 4.78 is 0. The van der Waals surface area contributed by atoms with Crippen molar-refractivity contribution in [2.45, 2.75) is 13.5 Å². The first-order chi connectivity index (χ1) is 9.81. The lowest BCUT2D eigenvalue weighted by atomic mass is 10.2. The number of piperazine rings is 1. The van der Waals surface area contributed by atoms with Crippen molar-refractivity contribution in [1.29, 1.82) is 0 Å². The molecule has 3 heteroatoms. The van der Waals surface area contributed by atoms with Gasteiger partial charge >= 0.3 is 0 Å². The van der Waals surface area contributed by atoms with Crippen LogP contribution in [0.15, 0.2) is 48.7 Å². The number of rotatable bonds is 3. The van der Waals surface area contributed by atoms with Crippen molar-refractivity contribution in [3.05, 3.63) is 59.8 Å². The Hall–Kier alpha value is -1.87. The van der Waals surface area contributed by atoms with Crippen LogP contribution in [0.2, 0.25) is 0 Å². The number of nitrogens with zero attached hydrogens (tertiary/aromatic N) is 3. The van der Waals surface area contributed by atoms with E-state index in [0.717, 1.165) is 38.5 Å². The first kappa shape index (κ1) is 13.1. The fourth-order valence-electron chi connectivity index (χ4n) is 2.62. The van der Waals surface area contributed by atoms with Crippen molar-refractivity contribution in [3.8, 4) is 0 Å². The van der Waals surface area contributed by atoms with E-state index >= 15 is 0 Å². The monoisotopic (exact) mass is 267 g/mol. The highest BCUT2D eigenvalue weighted by molar-refractivity contribution is 5.39. The van der Waals surface area contributed by atoms with Gasteiger partial charge in [0.15, 0.2) is 0 Å². The quantitative estimate of drug-likeness (QED) is 0.852. The van der Waals surface area contributed by atoms with Gasteiger partial charge in [-0.25, -0.2) is 4.98 Å². The normalized spacial score (nSPS) is 16.4. The van der Waals surface area contributed by atoms with Crippen LogP contribution in [-0.4, -0.2) is 36.1 Å². The molecule has 0 aliphatic carbocycles. The molecule has 3 nitrogen and oxygen atoms in total. The molecule has 1 aliphatic rings. The van der Waals surface area contributed by atoms with Crippen LogP contribution < -0.4 is 4.90 Å². The van der Waals surface area contributed by atoms with Gasteiger partial charge in [-0.05, 0) is 24.1 Å². The molecule has 1 aromatic heterocycles. The summed E-state index contributed by atoms with van der Waals surface area (Å²) >= 11 is 0. The summed E-state index contributed by atoms with van der Waals surface area (Å²) in [6.45, 7) is 7.45. The van der Waals surface area contributed by atoms with Crippen molar-refractivity contribution in [3.63, 3.8) is 0 Å². The summed E-state index contributed by atoms with van der Waals surface area (Å²) in [6.07, 6.45) is 1.95. The predicted molar refractivity (Wildman–Crippen MR) is 82.9 cm³/mol. The highest BCUT2D eigenvalue weighted by atomic mass is 15.3. The van der Waals surface area contributed by atoms with E-state index in [1.807, 2.05) is 6.20 Å². The summed E-state index contributed by atoms with van der Waals surface area (Å²) in [5.41, 5.74) is 2.62. The van der Waals surface area contributed by atoms with Crippen LogP contribution in [0, 0.1) is 6.92 Å². The highest BCUT2D eigenvalue weighted by Gasteiger charge is 2.17. The molecule has 20 heavy (non-hydrogen) atoms. The van der Waals surface area contributed by atoms with E-state index in [4.69, 9.17) is 0 Å². The first-order valence-corrected chi connectivity index (χ1v) is 7.25. The van der Waals surface area contributed by atoms with Gasteiger partial charge in [0, 0.05) is 38.9 Å². The van der Waals surface area contributed by atoms with Crippen molar-refractivity contribution >= 4 is 5.82 Å². The second-order valence-electron chi connectivity index (χ2n) is 5.44. The number of hydrogen-bond acceptors (Lipinski definition) is 3. The molecule has 0 unspecified atom stereocenters. The Morgan fingerprint density at radius 2 is 1.70 bits per heavy atom. The number of benzene rings is 1. The van der Waals surface area contributed by atoms with E-state index in [-0.39, 0.29) is 0 Å².